The van der Waals surface area contributed by atoms with E-state index in [1.54, 1.807) is 30.3 Å². The molecule has 26 heavy (non-hydrogen) atoms. The quantitative estimate of drug-likeness (QED) is 0.618. The summed E-state index contributed by atoms with van der Waals surface area (Å²) < 4.78 is 0. The first-order valence-electron chi connectivity index (χ1n) is 7.81. The Morgan fingerprint density at radius 3 is 2.58 bits per heavy atom. The lowest BCUT2D eigenvalue weighted by atomic mass is 10.1. The number of carbonyl (C=O) groups is 2. The molecular formula is C17H15ClN4O4. The summed E-state index contributed by atoms with van der Waals surface area (Å²) in [6, 6.07) is 12.7. The predicted octanol–water partition coefficient (Wildman–Crippen LogP) is 2.74. The van der Waals surface area contributed by atoms with Crippen LogP contribution in [0, 0.1) is 16.0 Å². The van der Waals surface area contributed by atoms with E-state index in [2.05, 4.69) is 10.9 Å². The van der Waals surface area contributed by atoms with Crippen molar-refractivity contribution in [1.82, 2.24) is 5.43 Å². The maximum Gasteiger partial charge on any atom is 0.294 e. The van der Waals surface area contributed by atoms with E-state index >= 15 is 0 Å². The molecule has 1 saturated heterocycles. The van der Waals surface area contributed by atoms with Crippen molar-refractivity contribution in [2.24, 2.45) is 5.92 Å². The van der Waals surface area contributed by atoms with Crippen molar-refractivity contribution < 1.29 is 14.5 Å². The van der Waals surface area contributed by atoms with Crippen molar-refractivity contribution in [2.45, 2.75) is 6.42 Å². The minimum Gasteiger partial charge on any atom is -0.312 e. The molecule has 1 aliphatic heterocycles. The Morgan fingerprint density at radius 1 is 1.19 bits per heavy atom. The molecule has 2 N–H and O–H groups in total. The Morgan fingerprint density at radius 2 is 1.88 bits per heavy atom. The molecule has 1 heterocycles. The van der Waals surface area contributed by atoms with E-state index in [-0.39, 0.29) is 30.2 Å². The van der Waals surface area contributed by atoms with Gasteiger partial charge < -0.3 is 4.90 Å². The largest absolute Gasteiger partial charge is 0.312 e. The SMILES string of the molecule is O=C(NNc1ccccc1[N+](=O)[O-])C1CC(=O)N(c2ccc(Cl)cc2)C1. The number of benzene rings is 2. The van der Waals surface area contributed by atoms with Crippen LogP contribution in [-0.4, -0.2) is 23.3 Å². The van der Waals surface area contributed by atoms with Gasteiger partial charge in [0.1, 0.15) is 5.69 Å². The van der Waals surface area contributed by atoms with Crippen LogP contribution < -0.4 is 15.8 Å². The van der Waals surface area contributed by atoms with Gasteiger partial charge in [0, 0.05) is 29.7 Å². The first-order chi connectivity index (χ1) is 12.5. The van der Waals surface area contributed by atoms with E-state index < -0.39 is 16.7 Å². The van der Waals surface area contributed by atoms with Crippen molar-refractivity contribution in [2.75, 3.05) is 16.9 Å². The average molecular weight is 375 g/mol. The van der Waals surface area contributed by atoms with E-state index in [9.17, 15) is 19.7 Å². The third-order valence-corrected chi connectivity index (χ3v) is 4.31. The van der Waals surface area contributed by atoms with Crippen molar-refractivity contribution in [3.05, 3.63) is 63.7 Å². The zero-order valence-corrected chi connectivity index (χ0v) is 14.3. The number of carbonyl (C=O) groups excluding carboxylic acids is 2. The van der Waals surface area contributed by atoms with E-state index in [4.69, 9.17) is 11.6 Å². The Hall–Kier alpha value is -3.13. The maximum absolute atomic E-state index is 12.3. The highest BCUT2D eigenvalue weighted by Gasteiger charge is 2.35. The summed E-state index contributed by atoms with van der Waals surface area (Å²) in [5.74, 6) is -1.14. The number of amides is 2. The fraction of sp³-hybridized carbons (Fsp3) is 0.176. The second kappa shape index (κ2) is 7.40. The van der Waals surface area contributed by atoms with Crippen molar-refractivity contribution >= 4 is 40.5 Å². The highest BCUT2D eigenvalue weighted by molar-refractivity contribution is 6.30. The highest BCUT2D eigenvalue weighted by Crippen LogP contribution is 2.27. The van der Waals surface area contributed by atoms with Gasteiger partial charge in [0.15, 0.2) is 0 Å². The van der Waals surface area contributed by atoms with Crippen LogP contribution in [0.25, 0.3) is 0 Å². The number of hydrogen-bond acceptors (Lipinski definition) is 5. The molecule has 2 aromatic rings. The summed E-state index contributed by atoms with van der Waals surface area (Å²) in [5.41, 5.74) is 5.69. The van der Waals surface area contributed by atoms with E-state index in [0.29, 0.717) is 10.7 Å². The molecule has 0 bridgehead atoms. The third kappa shape index (κ3) is 3.75. The minimum atomic E-state index is -0.562. The zero-order chi connectivity index (χ0) is 18.7. The first kappa shape index (κ1) is 17.7. The molecule has 1 aliphatic rings. The standard InChI is InChI=1S/C17H15ClN4O4/c18-12-5-7-13(8-6-12)21-10-11(9-16(21)23)17(24)20-19-14-3-1-2-4-15(14)22(25)26/h1-8,11,19H,9-10H2,(H,20,24). The summed E-state index contributed by atoms with van der Waals surface area (Å²) in [6.45, 7) is 0.227. The molecule has 1 unspecified atom stereocenters. The monoisotopic (exact) mass is 374 g/mol. The second-order valence-corrected chi connectivity index (χ2v) is 6.21. The number of hydrazine groups is 1. The Kier molecular flexibility index (Phi) is 5.04. The smallest absolute Gasteiger partial charge is 0.294 e. The van der Waals surface area contributed by atoms with Crippen LogP contribution in [-0.2, 0) is 9.59 Å². The fourth-order valence-electron chi connectivity index (χ4n) is 2.72. The number of nitro benzene ring substituents is 1. The molecule has 1 atom stereocenters. The first-order valence-corrected chi connectivity index (χ1v) is 8.18. The Balaban J connectivity index is 1.64. The summed E-state index contributed by atoms with van der Waals surface area (Å²) in [4.78, 5) is 36.5. The van der Waals surface area contributed by atoms with Crippen LogP contribution in [0.3, 0.4) is 0 Å². The normalized spacial score (nSPS) is 16.4. The van der Waals surface area contributed by atoms with Crippen LogP contribution in [0.15, 0.2) is 48.5 Å². The summed E-state index contributed by atoms with van der Waals surface area (Å²) >= 11 is 5.84. The number of nitro groups is 1. The molecule has 0 spiro atoms. The maximum atomic E-state index is 12.3. The highest BCUT2D eigenvalue weighted by atomic mass is 35.5. The molecule has 9 heteroatoms. The number of nitrogens with zero attached hydrogens (tertiary/aromatic N) is 2. The van der Waals surface area contributed by atoms with Crippen molar-refractivity contribution in [1.29, 1.82) is 0 Å². The van der Waals surface area contributed by atoms with E-state index in [1.807, 2.05) is 0 Å². The number of hydrogen-bond donors (Lipinski definition) is 2. The Bertz CT molecular complexity index is 856. The summed E-state index contributed by atoms with van der Waals surface area (Å²) in [5, 5.41) is 11.5. The van der Waals surface area contributed by atoms with E-state index in [1.165, 1.54) is 23.1 Å². The molecule has 8 nitrogen and oxygen atoms in total. The van der Waals surface area contributed by atoms with Crippen LogP contribution in [0.5, 0.6) is 0 Å². The van der Waals surface area contributed by atoms with E-state index in [0.717, 1.165) is 0 Å². The summed E-state index contributed by atoms with van der Waals surface area (Å²) in [7, 11) is 0. The number of para-hydroxylation sites is 2. The van der Waals surface area contributed by atoms with Crippen LogP contribution in [0.1, 0.15) is 6.42 Å². The van der Waals surface area contributed by atoms with Gasteiger partial charge in [0.05, 0.1) is 10.8 Å². The van der Waals surface area contributed by atoms with Crippen molar-refractivity contribution in [3.8, 4) is 0 Å². The number of nitrogens with one attached hydrogen (secondary N) is 2. The third-order valence-electron chi connectivity index (χ3n) is 4.06. The molecule has 2 aromatic carbocycles. The molecular weight excluding hydrogens is 360 g/mol. The zero-order valence-electron chi connectivity index (χ0n) is 13.5. The van der Waals surface area contributed by atoms with Crippen LogP contribution in [0.2, 0.25) is 5.02 Å². The lowest BCUT2D eigenvalue weighted by Crippen LogP contribution is -2.36. The lowest BCUT2D eigenvalue weighted by molar-refractivity contribution is -0.384. The van der Waals surface area contributed by atoms with Gasteiger partial charge in [-0.1, -0.05) is 23.7 Å². The summed E-state index contributed by atoms with van der Waals surface area (Å²) in [6.07, 6.45) is 0.0625. The van der Waals surface area contributed by atoms with Gasteiger partial charge in [-0.3, -0.25) is 30.6 Å². The lowest BCUT2D eigenvalue weighted by Gasteiger charge is -2.17. The van der Waals surface area contributed by atoms with Crippen molar-refractivity contribution in [3.63, 3.8) is 0 Å². The average Bonchev–Trinajstić information content (AvgIpc) is 3.02. The second-order valence-electron chi connectivity index (χ2n) is 5.77. The fourth-order valence-corrected chi connectivity index (χ4v) is 2.85. The van der Waals surface area contributed by atoms with Gasteiger partial charge in [-0.25, -0.2) is 0 Å². The predicted molar refractivity (Wildman–Crippen MR) is 96.8 cm³/mol. The number of halogens is 1. The van der Waals surface area contributed by atoms with Gasteiger partial charge in [0.2, 0.25) is 11.8 Å². The van der Waals surface area contributed by atoms with Gasteiger partial charge >= 0.3 is 0 Å². The molecule has 0 saturated carbocycles. The minimum absolute atomic E-state index is 0.0625. The van der Waals surface area contributed by atoms with Gasteiger partial charge in [-0.15, -0.1) is 0 Å². The molecule has 0 aliphatic carbocycles. The molecule has 0 radical (unpaired) electrons. The number of anilines is 2. The molecule has 0 aromatic heterocycles. The number of rotatable bonds is 5. The molecule has 3 rings (SSSR count). The molecule has 1 fully saturated rings. The van der Waals surface area contributed by atoms with Gasteiger partial charge in [-0.05, 0) is 30.3 Å². The van der Waals surface area contributed by atoms with Gasteiger partial charge in [0.25, 0.3) is 5.69 Å². The molecule has 134 valence electrons. The molecule has 2 amide bonds. The Labute approximate surface area is 153 Å². The van der Waals surface area contributed by atoms with Crippen LogP contribution >= 0.6 is 11.6 Å². The topological polar surface area (TPSA) is 105 Å². The van der Waals surface area contributed by atoms with Gasteiger partial charge in [-0.2, -0.15) is 0 Å². The van der Waals surface area contributed by atoms with Crippen LogP contribution in [0.4, 0.5) is 17.1 Å².